The molecule has 0 spiro atoms. The highest BCUT2D eigenvalue weighted by Crippen LogP contribution is 2.21. The van der Waals surface area contributed by atoms with Crippen molar-refractivity contribution >= 4 is 15.9 Å². The van der Waals surface area contributed by atoms with Crippen LogP contribution in [0, 0.1) is 11.3 Å². The van der Waals surface area contributed by atoms with Crippen LogP contribution in [0.15, 0.2) is 22.7 Å². The first kappa shape index (κ1) is 12.0. The van der Waals surface area contributed by atoms with Gasteiger partial charge in [-0.3, -0.25) is 0 Å². The monoisotopic (exact) mass is 268 g/mol. The Morgan fingerprint density at radius 2 is 2.33 bits per heavy atom. The van der Waals surface area contributed by atoms with Crippen LogP contribution in [0.5, 0.6) is 5.75 Å². The van der Waals surface area contributed by atoms with E-state index in [0.717, 1.165) is 10.0 Å². The summed E-state index contributed by atoms with van der Waals surface area (Å²) in [5.74, 6) is 0.273. The van der Waals surface area contributed by atoms with E-state index in [1.165, 1.54) is 0 Å². The van der Waals surface area contributed by atoms with E-state index in [1.54, 1.807) is 12.1 Å². The zero-order chi connectivity index (χ0) is 11.3. The van der Waals surface area contributed by atoms with Gasteiger partial charge in [-0.1, -0.05) is 15.9 Å². The van der Waals surface area contributed by atoms with Crippen molar-refractivity contribution in [2.75, 3.05) is 0 Å². The summed E-state index contributed by atoms with van der Waals surface area (Å²) in [6.07, 6.45) is 0.467. The number of benzene rings is 1. The molecular formula is C11H13BrN2O. The van der Waals surface area contributed by atoms with Gasteiger partial charge in [-0.2, -0.15) is 5.26 Å². The molecule has 0 fully saturated rings. The average Bonchev–Trinajstić information content (AvgIpc) is 2.20. The van der Waals surface area contributed by atoms with Gasteiger partial charge in [0.1, 0.15) is 5.75 Å². The SMILES string of the molecule is CC(CC#N)NCc1cc(Br)ccc1O. The number of rotatable bonds is 4. The maximum atomic E-state index is 9.55. The molecule has 1 unspecified atom stereocenters. The second kappa shape index (κ2) is 5.74. The standard InChI is InChI=1S/C11H13BrN2O/c1-8(4-5-13)14-7-9-6-10(12)2-3-11(9)15/h2-3,6,8,14-15H,4,7H2,1H3. The van der Waals surface area contributed by atoms with Crippen molar-refractivity contribution in [3.63, 3.8) is 0 Å². The van der Waals surface area contributed by atoms with Gasteiger partial charge in [0.15, 0.2) is 0 Å². The smallest absolute Gasteiger partial charge is 0.120 e. The van der Waals surface area contributed by atoms with Crippen molar-refractivity contribution in [1.82, 2.24) is 5.32 Å². The van der Waals surface area contributed by atoms with Gasteiger partial charge in [-0.05, 0) is 25.1 Å². The van der Waals surface area contributed by atoms with Crippen LogP contribution in [0.3, 0.4) is 0 Å². The summed E-state index contributed by atoms with van der Waals surface area (Å²) in [6, 6.07) is 7.53. The quantitative estimate of drug-likeness (QED) is 0.883. The molecule has 3 nitrogen and oxygen atoms in total. The summed E-state index contributed by atoms with van der Waals surface area (Å²) in [5, 5.41) is 21.2. The maximum Gasteiger partial charge on any atom is 0.120 e. The topological polar surface area (TPSA) is 56.0 Å². The molecule has 15 heavy (non-hydrogen) atoms. The van der Waals surface area contributed by atoms with Crippen molar-refractivity contribution in [3.05, 3.63) is 28.2 Å². The highest BCUT2D eigenvalue weighted by molar-refractivity contribution is 9.10. The Bertz CT molecular complexity index is 373. The number of nitrogens with zero attached hydrogens (tertiary/aromatic N) is 1. The van der Waals surface area contributed by atoms with Crippen LogP contribution >= 0.6 is 15.9 Å². The number of nitriles is 1. The van der Waals surface area contributed by atoms with Gasteiger partial charge in [0.25, 0.3) is 0 Å². The van der Waals surface area contributed by atoms with Gasteiger partial charge >= 0.3 is 0 Å². The van der Waals surface area contributed by atoms with Gasteiger partial charge < -0.3 is 10.4 Å². The van der Waals surface area contributed by atoms with E-state index >= 15 is 0 Å². The summed E-state index contributed by atoms with van der Waals surface area (Å²) >= 11 is 3.34. The van der Waals surface area contributed by atoms with E-state index in [9.17, 15) is 5.11 Å². The van der Waals surface area contributed by atoms with E-state index in [2.05, 4.69) is 27.3 Å². The van der Waals surface area contributed by atoms with Crippen molar-refractivity contribution in [2.45, 2.75) is 25.9 Å². The zero-order valence-corrected chi connectivity index (χ0v) is 10.1. The van der Waals surface area contributed by atoms with Crippen LogP contribution in [-0.4, -0.2) is 11.1 Å². The predicted octanol–water partition coefficient (Wildman–Crippen LogP) is 2.55. The number of nitrogens with one attached hydrogen (secondary N) is 1. The number of hydrogen-bond acceptors (Lipinski definition) is 3. The van der Waals surface area contributed by atoms with Crippen molar-refractivity contribution < 1.29 is 5.11 Å². The summed E-state index contributed by atoms with van der Waals surface area (Å²) in [6.45, 7) is 2.51. The van der Waals surface area contributed by atoms with E-state index in [-0.39, 0.29) is 11.8 Å². The molecule has 1 aromatic carbocycles. The van der Waals surface area contributed by atoms with Crippen molar-refractivity contribution in [2.24, 2.45) is 0 Å². The highest BCUT2D eigenvalue weighted by atomic mass is 79.9. The Hall–Kier alpha value is -1.05. The van der Waals surface area contributed by atoms with Crippen molar-refractivity contribution in [3.8, 4) is 11.8 Å². The number of phenols is 1. The molecule has 0 amide bonds. The molecule has 0 aromatic heterocycles. The summed E-state index contributed by atoms with van der Waals surface area (Å²) < 4.78 is 0.935. The van der Waals surface area contributed by atoms with Crippen molar-refractivity contribution in [1.29, 1.82) is 5.26 Å². The van der Waals surface area contributed by atoms with Gasteiger partial charge in [0, 0.05) is 22.6 Å². The second-order valence-corrected chi connectivity index (χ2v) is 4.33. The van der Waals surface area contributed by atoms with Crippen LogP contribution < -0.4 is 5.32 Å². The minimum absolute atomic E-state index is 0.133. The van der Waals surface area contributed by atoms with Crippen LogP contribution in [-0.2, 0) is 6.54 Å². The third-order valence-corrected chi connectivity index (χ3v) is 2.57. The zero-order valence-electron chi connectivity index (χ0n) is 8.50. The molecule has 4 heteroatoms. The number of halogens is 1. The fourth-order valence-corrected chi connectivity index (χ4v) is 1.60. The minimum Gasteiger partial charge on any atom is -0.508 e. The Morgan fingerprint density at radius 1 is 1.60 bits per heavy atom. The molecular weight excluding hydrogens is 256 g/mol. The van der Waals surface area contributed by atoms with Crippen LogP contribution in [0.2, 0.25) is 0 Å². The predicted molar refractivity (Wildman–Crippen MR) is 62.3 cm³/mol. The fraction of sp³-hybridized carbons (Fsp3) is 0.364. The first-order valence-electron chi connectivity index (χ1n) is 4.71. The molecule has 0 saturated carbocycles. The molecule has 0 bridgehead atoms. The second-order valence-electron chi connectivity index (χ2n) is 3.42. The van der Waals surface area contributed by atoms with E-state index in [1.807, 2.05) is 13.0 Å². The first-order valence-corrected chi connectivity index (χ1v) is 5.50. The summed E-state index contributed by atoms with van der Waals surface area (Å²) in [4.78, 5) is 0. The highest BCUT2D eigenvalue weighted by Gasteiger charge is 2.04. The lowest BCUT2D eigenvalue weighted by Gasteiger charge is -2.11. The Kier molecular flexibility index (Phi) is 4.60. The van der Waals surface area contributed by atoms with E-state index < -0.39 is 0 Å². The average molecular weight is 269 g/mol. The third-order valence-electron chi connectivity index (χ3n) is 2.08. The summed E-state index contributed by atoms with van der Waals surface area (Å²) in [7, 11) is 0. The lowest BCUT2D eigenvalue weighted by Crippen LogP contribution is -2.24. The maximum absolute atomic E-state index is 9.55. The number of aromatic hydroxyl groups is 1. The molecule has 0 aliphatic carbocycles. The van der Waals surface area contributed by atoms with Gasteiger partial charge in [-0.25, -0.2) is 0 Å². The molecule has 1 aromatic rings. The Labute approximate surface area is 97.9 Å². The van der Waals surface area contributed by atoms with Gasteiger partial charge in [0.2, 0.25) is 0 Å². The molecule has 1 atom stereocenters. The van der Waals surface area contributed by atoms with Gasteiger partial charge in [0.05, 0.1) is 12.5 Å². The summed E-state index contributed by atoms with van der Waals surface area (Å²) in [5.41, 5.74) is 0.828. The lowest BCUT2D eigenvalue weighted by atomic mass is 10.2. The molecule has 1 rings (SSSR count). The Morgan fingerprint density at radius 3 is 3.00 bits per heavy atom. The molecule has 0 heterocycles. The van der Waals surface area contributed by atoms with Crippen LogP contribution in [0.25, 0.3) is 0 Å². The van der Waals surface area contributed by atoms with Crippen LogP contribution in [0.4, 0.5) is 0 Å². The molecule has 0 aliphatic rings. The molecule has 0 aliphatic heterocycles. The minimum atomic E-state index is 0.133. The fourth-order valence-electron chi connectivity index (χ4n) is 1.19. The van der Waals surface area contributed by atoms with Crippen LogP contribution in [0.1, 0.15) is 18.9 Å². The third kappa shape index (κ3) is 3.90. The molecule has 0 saturated heterocycles. The lowest BCUT2D eigenvalue weighted by molar-refractivity contribution is 0.459. The normalized spacial score (nSPS) is 12.1. The number of hydrogen-bond donors (Lipinski definition) is 2. The molecule has 0 radical (unpaired) electrons. The van der Waals surface area contributed by atoms with E-state index in [0.29, 0.717) is 13.0 Å². The first-order chi connectivity index (χ1) is 7.13. The largest absolute Gasteiger partial charge is 0.508 e. The van der Waals surface area contributed by atoms with E-state index in [4.69, 9.17) is 5.26 Å². The van der Waals surface area contributed by atoms with Gasteiger partial charge in [-0.15, -0.1) is 0 Å². The molecule has 80 valence electrons. The number of phenolic OH excluding ortho intramolecular Hbond substituents is 1. The Balaban J connectivity index is 2.57. The molecule has 2 N–H and O–H groups in total.